The lowest BCUT2D eigenvalue weighted by molar-refractivity contribution is -0.318. The number of esters is 1. The van der Waals surface area contributed by atoms with Gasteiger partial charge >= 0.3 is 5.97 Å². The van der Waals surface area contributed by atoms with Crippen LogP contribution >= 0.6 is 0 Å². The molecule has 0 bridgehead atoms. The number of cyclic esters (lactones) is 1. The minimum atomic E-state index is -1.85. The molecule has 300 valence electrons. The highest BCUT2D eigenvalue weighted by Crippen LogP contribution is 2.41. The zero-order valence-corrected chi connectivity index (χ0v) is 33.2. The van der Waals surface area contributed by atoms with E-state index in [9.17, 15) is 30.3 Å². The summed E-state index contributed by atoms with van der Waals surface area (Å²) in [4.78, 5) is 16.0. The Morgan fingerprint density at radius 1 is 0.922 bits per heavy atom. The predicted molar refractivity (Wildman–Crippen MR) is 189 cm³/mol. The highest BCUT2D eigenvalue weighted by Gasteiger charge is 2.53. The summed E-state index contributed by atoms with van der Waals surface area (Å²) in [7, 11) is 5.24. The van der Waals surface area contributed by atoms with Crippen molar-refractivity contribution in [2.75, 3.05) is 21.2 Å². The third kappa shape index (κ3) is 9.63. The van der Waals surface area contributed by atoms with Crippen LogP contribution in [0.3, 0.4) is 0 Å². The molecular weight excluding hydrogens is 664 g/mol. The molecule has 14 heteroatoms. The Balaban J connectivity index is 2.18. The first-order valence-electron chi connectivity index (χ1n) is 18.7. The van der Waals surface area contributed by atoms with Crippen LogP contribution in [0.5, 0.6) is 0 Å². The van der Waals surface area contributed by atoms with Gasteiger partial charge < -0.3 is 64.6 Å². The maximum atomic E-state index is 14.1. The summed E-state index contributed by atoms with van der Waals surface area (Å²) in [6.07, 6.45) is -8.68. The molecular formula is C37H70N2O12. The van der Waals surface area contributed by atoms with Crippen LogP contribution in [0.2, 0.25) is 0 Å². The Bertz CT molecular complexity index is 1130. The second-order valence-corrected chi connectivity index (χ2v) is 16.8. The van der Waals surface area contributed by atoms with E-state index in [0.717, 1.165) is 0 Å². The average Bonchev–Trinajstić information content (AvgIpc) is 3.05. The molecule has 0 amide bonds. The molecule has 0 aromatic heterocycles. The second kappa shape index (κ2) is 17.2. The van der Waals surface area contributed by atoms with Crippen LogP contribution in [0.25, 0.3) is 0 Å². The molecule has 3 heterocycles. The van der Waals surface area contributed by atoms with Crippen LogP contribution in [0, 0.1) is 23.7 Å². The van der Waals surface area contributed by atoms with E-state index in [4.69, 9.17) is 34.2 Å². The van der Waals surface area contributed by atoms with Crippen molar-refractivity contribution in [2.24, 2.45) is 29.4 Å². The number of carbonyl (C=O) groups excluding carboxylic acids is 1. The van der Waals surface area contributed by atoms with Gasteiger partial charge in [0.1, 0.15) is 23.9 Å². The number of likely N-dealkylation sites (N-methyl/N-ethyl adjacent to an activating group) is 1. The number of ether oxygens (including phenoxy) is 6. The van der Waals surface area contributed by atoms with Gasteiger partial charge in [-0.25, -0.2) is 0 Å². The average molecular weight is 735 g/mol. The molecule has 3 saturated heterocycles. The number of aliphatic hydroxyl groups is 5. The van der Waals surface area contributed by atoms with Gasteiger partial charge in [-0.1, -0.05) is 27.7 Å². The third-order valence-electron chi connectivity index (χ3n) is 12.2. The summed E-state index contributed by atoms with van der Waals surface area (Å²) in [5, 5.41) is 58.0. The standard InChI is InChI=1S/C37H70N2O12/c1-14-25-37(10,45)30(41)20(4)27(38)18(2)16-35(8,44)32(51-34-28(40)24(39(11)12)15-19(3)47-34)21(5)29(22(6)33(43)49-25)50-26-17-36(9,46-13)31(42)23(7)48-26/h18-32,34,40-42,44-45H,14-17,38H2,1-13H3/t18-,19+,20-,21-,22+,23-,24-,25-,26+,27-,28-,29+,30-,31+,32-,34-,35+,36-,37+/m0/s1. The van der Waals surface area contributed by atoms with Crippen LogP contribution in [-0.4, -0.2) is 148 Å². The van der Waals surface area contributed by atoms with Crippen molar-refractivity contribution in [1.82, 2.24) is 4.90 Å². The number of nitrogens with zero attached hydrogens (tertiary/aromatic N) is 1. The van der Waals surface area contributed by atoms with E-state index < -0.39 is 108 Å². The van der Waals surface area contributed by atoms with Gasteiger partial charge in [0, 0.05) is 37.5 Å². The van der Waals surface area contributed by atoms with E-state index in [1.165, 1.54) is 14.0 Å². The predicted octanol–water partition coefficient (Wildman–Crippen LogP) is 1.54. The molecule has 3 aliphatic rings. The number of methoxy groups -OCH3 is 1. The van der Waals surface area contributed by atoms with Crippen molar-refractivity contribution in [3.05, 3.63) is 0 Å². The molecule has 51 heavy (non-hydrogen) atoms. The fourth-order valence-electron chi connectivity index (χ4n) is 8.63. The highest BCUT2D eigenvalue weighted by molar-refractivity contribution is 5.73. The van der Waals surface area contributed by atoms with Crippen molar-refractivity contribution in [1.29, 1.82) is 0 Å². The van der Waals surface area contributed by atoms with E-state index in [1.54, 1.807) is 48.5 Å². The molecule has 0 saturated carbocycles. The van der Waals surface area contributed by atoms with Gasteiger partial charge in [-0.2, -0.15) is 0 Å². The highest BCUT2D eigenvalue weighted by atomic mass is 16.7. The van der Waals surface area contributed by atoms with E-state index in [-0.39, 0.29) is 31.4 Å². The third-order valence-corrected chi connectivity index (χ3v) is 12.2. The smallest absolute Gasteiger partial charge is 0.311 e. The number of rotatable bonds is 7. The van der Waals surface area contributed by atoms with Gasteiger partial charge in [0.05, 0.1) is 47.6 Å². The van der Waals surface area contributed by atoms with E-state index in [0.29, 0.717) is 6.42 Å². The van der Waals surface area contributed by atoms with Crippen molar-refractivity contribution >= 4 is 5.97 Å². The SMILES string of the molecule is CC[C@@H]1OC(=O)[C@H](C)[C@H](O[C@@H]2C[C@](C)(OC)[C@H](O)[C@H](C)O2)[C@H](C)[C@H](O[C@@H]2O[C@H](C)C[C@H](N(C)C)[C@@H]2O)[C@](C)(O)C[C@H](C)[C@H](N)[C@H](C)[C@H](O)[C@]1(C)O. The number of hydrogen-bond acceptors (Lipinski definition) is 14. The summed E-state index contributed by atoms with van der Waals surface area (Å²) in [6.45, 7) is 17.2. The lowest BCUT2D eigenvalue weighted by Gasteiger charge is -2.49. The molecule has 3 aliphatic heterocycles. The fourth-order valence-corrected chi connectivity index (χ4v) is 8.63. The first-order chi connectivity index (χ1) is 23.4. The van der Waals surface area contributed by atoms with Gasteiger partial charge in [0.25, 0.3) is 0 Å². The summed E-state index contributed by atoms with van der Waals surface area (Å²) < 4.78 is 37.3. The van der Waals surface area contributed by atoms with Crippen molar-refractivity contribution in [3.63, 3.8) is 0 Å². The molecule has 14 nitrogen and oxygen atoms in total. The molecule has 0 spiro atoms. The first-order valence-corrected chi connectivity index (χ1v) is 18.7. The maximum absolute atomic E-state index is 14.1. The minimum Gasteiger partial charge on any atom is -0.459 e. The molecule has 3 rings (SSSR count). The largest absolute Gasteiger partial charge is 0.459 e. The molecule has 19 atom stereocenters. The van der Waals surface area contributed by atoms with E-state index in [1.807, 2.05) is 32.8 Å². The second-order valence-electron chi connectivity index (χ2n) is 16.8. The Morgan fingerprint density at radius 2 is 1.53 bits per heavy atom. The number of hydrogen-bond donors (Lipinski definition) is 6. The number of nitrogens with two attached hydrogens (primary N) is 1. The Kier molecular flexibility index (Phi) is 15.0. The molecule has 0 aliphatic carbocycles. The maximum Gasteiger partial charge on any atom is 0.311 e. The molecule has 0 aromatic carbocycles. The quantitative estimate of drug-likeness (QED) is 0.206. The Hall–Kier alpha value is -1.01. The molecule has 7 N–H and O–H groups in total. The monoisotopic (exact) mass is 734 g/mol. The number of aliphatic hydroxyl groups excluding tert-OH is 3. The van der Waals surface area contributed by atoms with Crippen LogP contribution < -0.4 is 5.73 Å². The fraction of sp³-hybridized carbons (Fsp3) is 0.973. The van der Waals surface area contributed by atoms with E-state index in [2.05, 4.69) is 0 Å². The van der Waals surface area contributed by atoms with Crippen LogP contribution in [0.1, 0.15) is 94.9 Å². The normalized spacial score (nSPS) is 51.2. The summed E-state index contributed by atoms with van der Waals surface area (Å²) >= 11 is 0. The minimum absolute atomic E-state index is 0.0888. The van der Waals surface area contributed by atoms with E-state index >= 15 is 0 Å². The van der Waals surface area contributed by atoms with Gasteiger partial charge in [-0.15, -0.1) is 0 Å². The molecule has 3 fully saturated rings. The Labute approximate surface area is 305 Å². The van der Waals surface area contributed by atoms with Gasteiger partial charge in [0.15, 0.2) is 12.6 Å². The van der Waals surface area contributed by atoms with Crippen molar-refractivity contribution in [2.45, 2.75) is 185 Å². The van der Waals surface area contributed by atoms with Gasteiger partial charge in [-0.3, -0.25) is 4.79 Å². The van der Waals surface area contributed by atoms with Gasteiger partial charge in [-0.05, 0) is 80.8 Å². The first kappa shape index (κ1) is 44.4. The van der Waals surface area contributed by atoms with Crippen LogP contribution in [0.4, 0.5) is 0 Å². The topological polar surface area (TPSA) is 203 Å². The molecule has 0 unspecified atom stereocenters. The van der Waals surface area contributed by atoms with Crippen molar-refractivity contribution in [3.8, 4) is 0 Å². The molecule has 0 radical (unpaired) electrons. The lowest BCUT2D eigenvalue weighted by Crippen LogP contribution is -2.62. The van der Waals surface area contributed by atoms with Crippen molar-refractivity contribution < 1.29 is 58.7 Å². The summed E-state index contributed by atoms with van der Waals surface area (Å²) in [5.74, 6) is -3.57. The Morgan fingerprint density at radius 3 is 2.08 bits per heavy atom. The molecule has 0 aromatic rings. The zero-order chi connectivity index (χ0) is 39.0. The summed E-state index contributed by atoms with van der Waals surface area (Å²) in [6, 6.07) is -0.983. The lowest BCUT2D eigenvalue weighted by atomic mass is 9.72. The zero-order valence-electron chi connectivity index (χ0n) is 33.2. The number of carbonyl (C=O) groups is 1. The van der Waals surface area contributed by atoms with Crippen LogP contribution in [0.15, 0.2) is 0 Å². The summed E-state index contributed by atoms with van der Waals surface area (Å²) in [5.41, 5.74) is 2.20. The van der Waals surface area contributed by atoms with Crippen LogP contribution in [-0.2, 0) is 33.2 Å². The van der Waals surface area contributed by atoms with Gasteiger partial charge in [0.2, 0.25) is 0 Å².